The fourth-order valence-electron chi connectivity index (χ4n) is 2.29. The number of nitrogens with zero attached hydrogens (tertiary/aromatic N) is 2. The van der Waals surface area contributed by atoms with E-state index in [4.69, 9.17) is 5.84 Å². The first kappa shape index (κ1) is 17.1. The predicted molar refractivity (Wildman–Crippen MR) is 107 cm³/mol. The molecule has 1 aromatic heterocycles. The first-order chi connectivity index (χ1) is 10.8. The minimum Gasteiger partial charge on any atom is -0.320 e. The molecule has 3 aromatic rings. The third-order valence-corrected chi connectivity index (χ3v) is 8.23. The van der Waals surface area contributed by atoms with Crippen LogP contribution in [0.2, 0.25) is 0 Å². The van der Waals surface area contributed by atoms with Crippen LogP contribution in [0.4, 0.5) is 0 Å². The van der Waals surface area contributed by atoms with Crippen LogP contribution in [0.5, 0.6) is 0 Å². The van der Waals surface area contributed by atoms with Crippen LogP contribution in [0.3, 0.4) is 0 Å². The van der Waals surface area contributed by atoms with Gasteiger partial charge in [0.25, 0.3) is 5.56 Å². The third kappa shape index (κ3) is 2.79. The van der Waals surface area contributed by atoms with Gasteiger partial charge in [-0.05, 0) is 70.6 Å². The Labute approximate surface area is 165 Å². The standard InChI is InChI=1S/C15H9Br4N3O/c1-6-2-4-7(5-3-6)14-8-9(15(23)22(20)21-14)11(17)13(19)12(18)10(8)16/h2-5H,20H2,1H3. The Balaban J connectivity index is 2.56. The molecule has 0 aliphatic rings. The molecule has 0 saturated carbocycles. The topological polar surface area (TPSA) is 60.9 Å². The molecule has 0 bridgehead atoms. The van der Waals surface area contributed by atoms with E-state index in [0.717, 1.165) is 29.3 Å². The van der Waals surface area contributed by atoms with E-state index in [0.29, 0.717) is 20.9 Å². The normalized spacial score (nSPS) is 11.2. The minimum atomic E-state index is -0.378. The number of hydrogen-bond donors (Lipinski definition) is 1. The average molecular weight is 567 g/mol. The fourth-order valence-corrected chi connectivity index (χ4v) is 4.76. The van der Waals surface area contributed by atoms with Crippen molar-refractivity contribution < 1.29 is 0 Å². The van der Waals surface area contributed by atoms with Gasteiger partial charge in [-0.3, -0.25) is 4.79 Å². The molecule has 3 rings (SSSR count). The van der Waals surface area contributed by atoms with Gasteiger partial charge in [0, 0.05) is 28.8 Å². The molecule has 2 N–H and O–H groups in total. The molecule has 0 unspecified atom stereocenters. The fraction of sp³-hybridized carbons (Fsp3) is 0.0667. The largest absolute Gasteiger partial charge is 0.320 e. The molecule has 4 nitrogen and oxygen atoms in total. The zero-order valence-electron chi connectivity index (χ0n) is 11.7. The highest BCUT2D eigenvalue weighted by atomic mass is 79.9. The van der Waals surface area contributed by atoms with Crippen molar-refractivity contribution in [3.05, 3.63) is 58.1 Å². The zero-order valence-corrected chi connectivity index (χ0v) is 18.0. The maximum absolute atomic E-state index is 12.5. The number of aryl methyl sites for hydroxylation is 1. The lowest BCUT2D eigenvalue weighted by atomic mass is 10.0. The average Bonchev–Trinajstić information content (AvgIpc) is 2.53. The minimum absolute atomic E-state index is 0.378. The smallest absolute Gasteiger partial charge is 0.294 e. The first-order valence-electron chi connectivity index (χ1n) is 6.44. The number of nitrogen functional groups attached to an aromatic ring is 1. The van der Waals surface area contributed by atoms with E-state index in [1.807, 2.05) is 31.2 Å². The Morgan fingerprint density at radius 2 is 1.43 bits per heavy atom. The highest BCUT2D eigenvalue weighted by Gasteiger charge is 2.21. The molecule has 0 saturated heterocycles. The number of nitrogens with two attached hydrogens (primary N) is 1. The number of rotatable bonds is 1. The van der Waals surface area contributed by atoms with Crippen molar-refractivity contribution in [1.29, 1.82) is 0 Å². The second kappa shape index (κ2) is 6.31. The monoisotopic (exact) mass is 563 g/mol. The lowest BCUT2D eigenvalue weighted by Crippen LogP contribution is -2.30. The molecule has 118 valence electrons. The molecule has 0 fully saturated rings. The molecule has 23 heavy (non-hydrogen) atoms. The van der Waals surface area contributed by atoms with Crippen molar-refractivity contribution >= 4 is 74.5 Å². The van der Waals surface area contributed by atoms with Crippen LogP contribution in [0, 0.1) is 6.92 Å². The summed E-state index contributed by atoms with van der Waals surface area (Å²) in [6.07, 6.45) is 0. The van der Waals surface area contributed by atoms with E-state index < -0.39 is 0 Å². The van der Waals surface area contributed by atoms with Crippen molar-refractivity contribution in [1.82, 2.24) is 9.89 Å². The lowest BCUT2D eigenvalue weighted by Gasteiger charge is -2.14. The van der Waals surface area contributed by atoms with Crippen molar-refractivity contribution in [2.45, 2.75) is 6.92 Å². The van der Waals surface area contributed by atoms with Crippen LogP contribution in [0.1, 0.15) is 5.56 Å². The third-order valence-electron chi connectivity index (χ3n) is 3.46. The Kier molecular flexibility index (Phi) is 4.70. The molecule has 0 atom stereocenters. The van der Waals surface area contributed by atoms with Gasteiger partial charge in [0.2, 0.25) is 0 Å². The van der Waals surface area contributed by atoms with Crippen LogP contribution in [-0.4, -0.2) is 9.89 Å². The van der Waals surface area contributed by atoms with Crippen LogP contribution in [0.25, 0.3) is 22.0 Å². The van der Waals surface area contributed by atoms with Gasteiger partial charge >= 0.3 is 0 Å². The second-order valence-electron chi connectivity index (χ2n) is 4.97. The van der Waals surface area contributed by atoms with Gasteiger partial charge in [-0.1, -0.05) is 29.8 Å². The summed E-state index contributed by atoms with van der Waals surface area (Å²) in [6.45, 7) is 2.01. The van der Waals surface area contributed by atoms with Gasteiger partial charge < -0.3 is 5.84 Å². The molecule has 0 amide bonds. The number of benzene rings is 2. The van der Waals surface area contributed by atoms with Crippen LogP contribution in [0.15, 0.2) is 47.0 Å². The van der Waals surface area contributed by atoms with Crippen LogP contribution >= 0.6 is 63.7 Å². The van der Waals surface area contributed by atoms with Crippen molar-refractivity contribution in [3.8, 4) is 11.3 Å². The van der Waals surface area contributed by atoms with E-state index in [9.17, 15) is 4.79 Å². The second-order valence-corrected chi connectivity index (χ2v) is 8.14. The molecule has 1 heterocycles. The van der Waals surface area contributed by atoms with Gasteiger partial charge in [0.05, 0.1) is 5.39 Å². The molecule has 0 radical (unpaired) electrons. The van der Waals surface area contributed by atoms with E-state index in [2.05, 4.69) is 68.8 Å². The Morgan fingerprint density at radius 1 is 0.913 bits per heavy atom. The van der Waals surface area contributed by atoms with Crippen molar-refractivity contribution in [2.24, 2.45) is 0 Å². The van der Waals surface area contributed by atoms with Crippen molar-refractivity contribution in [3.63, 3.8) is 0 Å². The van der Waals surface area contributed by atoms with Gasteiger partial charge in [-0.2, -0.15) is 0 Å². The van der Waals surface area contributed by atoms with Gasteiger partial charge in [0.15, 0.2) is 0 Å². The summed E-state index contributed by atoms with van der Waals surface area (Å²) in [6, 6.07) is 7.90. The van der Waals surface area contributed by atoms with Crippen LogP contribution < -0.4 is 11.4 Å². The summed E-state index contributed by atoms with van der Waals surface area (Å²) >= 11 is 14.0. The van der Waals surface area contributed by atoms with Crippen molar-refractivity contribution in [2.75, 3.05) is 5.84 Å². The summed E-state index contributed by atoms with van der Waals surface area (Å²) < 4.78 is 2.89. The van der Waals surface area contributed by atoms with E-state index in [1.54, 1.807) is 0 Å². The highest BCUT2D eigenvalue weighted by molar-refractivity contribution is 9.15. The molecule has 8 heteroatoms. The van der Waals surface area contributed by atoms with Crippen LogP contribution in [-0.2, 0) is 0 Å². The Hall–Kier alpha value is -0.700. The zero-order chi connectivity index (χ0) is 16.9. The SMILES string of the molecule is Cc1ccc(-c2nn(N)c(=O)c3c(Br)c(Br)c(Br)c(Br)c23)cc1. The summed E-state index contributed by atoms with van der Waals surface area (Å²) in [5, 5.41) is 5.42. The lowest BCUT2D eigenvalue weighted by molar-refractivity contribution is 0.780. The van der Waals surface area contributed by atoms with Gasteiger partial charge in [0.1, 0.15) is 5.69 Å². The highest BCUT2D eigenvalue weighted by Crippen LogP contribution is 2.44. The summed E-state index contributed by atoms with van der Waals surface area (Å²) in [5.41, 5.74) is 2.27. The molecule has 0 aliphatic carbocycles. The quantitative estimate of drug-likeness (QED) is 0.252. The number of fused-ring (bicyclic) bond motifs is 1. The number of aromatic nitrogens is 2. The first-order valence-corrected chi connectivity index (χ1v) is 9.61. The number of halogens is 4. The molecule has 2 aromatic carbocycles. The van der Waals surface area contributed by atoms with E-state index in [1.165, 1.54) is 0 Å². The summed E-state index contributed by atoms with van der Waals surface area (Å²) in [4.78, 5) is 13.4. The number of hydrogen-bond acceptors (Lipinski definition) is 3. The molecule has 0 spiro atoms. The Bertz CT molecular complexity index is 997. The summed E-state index contributed by atoms with van der Waals surface area (Å²) in [5.74, 6) is 5.79. The predicted octanol–water partition coefficient (Wildman–Crippen LogP) is 5.14. The molecular formula is C15H9Br4N3O. The Morgan fingerprint density at radius 3 is 2.00 bits per heavy atom. The molecular weight excluding hydrogens is 558 g/mol. The van der Waals surface area contributed by atoms with E-state index in [-0.39, 0.29) is 5.56 Å². The van der Waals surface area contributed by atoms with Gasteiger partial charge in [-0.15, -0.1) is 9.89 Å². The maximum atomic E-state index is 12.5. The van der Waals surface area contributed by atoms with Gasteiger partial charge in [-0.25, -0.2) is 0 Å². The maximum Gasteiger partial charge on any atom is 0.294 e. The summed E-state index contributed by atoms with van der Waals surface area (Å²) in [7, 11) is 0. The molecule has 0 aliphatic heterocycles. The van der Waals surface area contributed by atoms with E-state index >= 15 is 0 Å².